The molecule has 2 aliphatic rings. The molecule has 2 aromatic carbocycles. The summed E-state index contributed by atoms with van der Waals surface area (Å²) in [5.74, 6) is -0.733. The molecule has 0 aliphatic carbocycles. The normalized spacial score (nSPS) is 23.0. The minimum absolute atomic E-state index is 0.286. The number of sulfonamides is 1. The van der Waals surface area contributed by atoms with E-state index < -0.39 is 21.9 Å². The number of nitrogens with zero attached hydrogens (tertiary/aromatic N) is 1. The van der Waals surface area contributed by atoms with Gasteiger partial charge in [-0.15, -0.1) is 0 Å². The zero-order valence-corrected chi connectivity index (χ0v) is 16.7. The van der Waals surface area contributed by atoms with Gasteiger partial charge in [-0.1, -0.05) is 47.5 Å². The number of piperidine rings is 1. The molecular formula is C20H22ClNO4S. The molecule has 27 heavy (non-hydrogen) atoms. The molecule has 1 unspecified atom stereocenters. The van der Waals surface area contributed by atoms with Crippen molar-refractivity contribution in [2.75, 3.05) is 19.8 Å². The average molecular weight is 408 g/mol. The summed E-state index contributed by atoms with van der Waals surface area (Å²) in [5.41, 5.74) is 1.79. The van der Waals surface area contributed by atoms with Crippen LogP contribution in [0.25, 0.3) is 0 Å². The first kappa shape index (κ1) is 18.9. The topological polar surface area (TPSA) is 55.8 Å². The number of halogens is 1. The van der Waals surface area contributed by atoms with Crippen LogP contribution in [-0.4, -0.2) is 38.3 Å². The van der Waals surface area contributed by atoms with E-state index in [1.165, 1.54) is 4.31 Å². The van der Waals surface area contributed by atoms with Crippen LogP contribution in [0.2, 0.25) is 5.02 Å². The predicted octanol–water partition coefficient (Wildman–Crippen LogP) is 3.92. The summed E-state index contributed by atoms with van der Waals surface area (Å²) >= 11 is 6.43. The van der Waals surface area contributed by atoms with Crippen LogP contribution in [0, 0.1) is 6.92 Å². The summed E-state index contributed by atoms with van der Waals surface area (Å²) in [6, 6.07) is 13.9. The van der Waals surface area contributed by atoms with E-state index in [1.807, 2.05) is 37.3 Å². The smallest absolute Gasteiger partial charge is 0.243 e. The van der Waals surface area contributed by atoms with E-state index in [0.717, 1.165) is 11.1 Å². The molecule has 1 spiro atoms. The first-order valence-electron chi connectivity index (χ1n) is 9.02. The van der Waals surface area contributed by atoms with E-state index in [9.17, 15) is 8.42 Å². The fraction of sp³-hybridized carbons (Fsp3) is 0.400. The molecule has 0 N–H and O–H groups in total. The second kappa shape index (κ2) is 7.18. The van der Waals surface area contributed by atoms with Crippen LogP contribution in [0.15, 0.2) is 53.4 Å². The molecule has 5 nitrogen and oxygen atoms in total. The van der Waals surface area contributed by atoms with Gasteiger partial charge < -0.3 is 9.47 Å². The quantitative estimate of drug-likeness (QED) is 0.773. The third-order valence-electron chi connectivity index (χ3n) is 5.27. The molecule has 0 saturated carbocycles. The van der Waals surface area contributed by atoms with E-state index >= 15 is 0 Å². The summed E-state index contributed by atoms with van der Waals surface area (Å²) in [5, 5.41) is 0.543. The van der Waals surface area contributed by atoms with Crippen molar-refractivity contribution in [3.8, 4) is 0 Å². The maximum absolute atomic E-state index is 13.4. The van der Waals surface area contributed by atoms with E-state index in [1.54, 1.807) is 18.2 Å². The Hall–Kier alpha value is -1.44. The molecule has 4 rings (SSSR count). The molecular weight excluding hydrogens is 386 g/mol. The fourth-order valence-electron chi connectivity index (χ4n) is 3.84. The van der Waals surface area contributed by atoms with Crippen LogP contribution in [-0.2, 0) is 19.5 Å². The van der Waals surface area contributed by atoms with Crippen LogP contribution >= 0.6 is 11.6 Å². The number of ether oxygens (including phenoxy) is 2. The molecule has 2 aliphatic heterocycles. The average Bonchev–Trinajstić information content (AvgIpc) is 3.10. The summed E-state index contributed by atoms with van der Waals surface area (Å²) in [6.07, 6.45) is 0.918. The van der Waals surface area contributed by atoms with E-state index in [4.69, 9.17) is 21.1 Å². The van der Waals surface area contributed by atoms with Crippen molar-refractivity contribution in [2.24, 2.45) is 0 Å². The van der Waals surface area contributed by atoms with Gasteiger partial charge in [-0.3, -0.25) is 0 Å². The van der Waals surface area contributed by atoms with Gasteiger partial charge in [0.2, 0.25) is 10.0 Å². The van der Waals surface area contributed by atoms with Crippen molar-refractivity contribution in [3.63, 3.8) is 0 Å². The summed E-state index contributed by atoms with van der Waals surface area (Å²) < 4.78 is 40.1. The fourth-order valence-corrected chi connectivity index (χ4v) is 5.71. The molecule has 2 saturated heterocycles. The lowest BCUT2D eigenvalue weighted by Gasteiger charge is -2.43. The van der Waals surface area contributed by atoms with Gasteiger partial charge in [0.05, 0.1) is 24.2 Å². The van der Waals surface area contributed by atoms with Crippen LogP contribution < -0.4 is 0 Å². The highest BCUT2D eigenvalue weighted by Crippen LogP contribution is 2.45. The standard InChI is InChI=1S/C20H22ClNO4S/c1-15-6-8-16(9-7-15)27(23,24)22-11-10-20(25-12-13-26-20)14-19(22)17-4-2-3-5-18(17)21/h2-9,19H,10-14H2,1H3. The minimum atomic E-state index is -3.68. The zero-order valence-electron chi connectivity index (χ0n) is 15.1. The van der Waals surface area contributed by atoms with Crippen molar-refractivity contribution in [3.05, 3.63) is 64.7 Å². The molecule has 0 radical (unpaired) electrons. The van der Waals surface area contributed by atoms with E-state index in [0.29, 0.717) is 37.6 Å². The largest absolute Gasteiger partial charge is 0.347 e. The molecule has 7 heteroatoms. The van der Waals surface area contributed by atoms with Crippen molar-refractivity contribution in [1.82, 2.24) is 4.31 Å². The molecule has 0 amide bonds. The molecule has 2 aromatic rings. The number of hydrogen-bond donors (Lipinski definition) is 0. The van der Waals surface area contributed by atoms with Gasteiger partial charge in [0.15, 0.2) is 5.79 Å². The number of benzene rings is 2. The Labute approximate surface area is 164 Å². The third-order valence-corrected chi connectivity index (χ3v) is 7.54. The molecule has 0 aromatic heterocycles. The van der Waals surface area contributed by atoms with Crippen LogP contribution in [0.4, 0.5) is 0 Å². The van der Waals surface area contributed by atoms with Crippen molar-refractivity contribution >= 4 is 21.6 Å². The van der Waals surface area contributed by atoms with E-state index in [2.05, 4.69) is 0 Å². The first-order valence-corrected chi connectivity index (χ1v) is 10.8. The van der Waals surface area contributed by atoms with Gasteiger partial charge in [0, 0.05) is 24.4 Å². The SMILES string of the molecule is Cc1ccc(S(=O)(=O)N2CCC3(CC2c2ccccc2Cl)OCCO3)cc1. The Morgan fingerprint density at radius 2 is 1.74 bits per heavy atom. The molecule has 144 valence electrons. The lowest BCUT2D eigenvalue weighted by atomic mass is 9.92. The molecule has 1 atom stereocenters. The highest BCUT2D eigenvalue weighted by atomic mass is 35.5. The Morgan fingerprint density at radius 3 is 2.41 bits per heavy atom. The van der Waals surface area contributed by atoms with Crippen molar-refractivity contribution in [2.45, 2.75) is 36.5 Å². The summed E-state index contributed by atoms with van der Waals surface area (Å²) in [6.45, 7) is 3.30. The second-order valence-electron chi connectivity index (χ2n) is 7.03. The van der Waals surface area contributed by atoms with Crippen molar-refractivity contribution in [1.29, 1.82) is 0 Å². The van der Waals surface area contributed by atoms with Crippen LogP contribution in [0.5, 0.6) is 0 Å². The summed E-state index contributed by atoms with van der Waals surface area (Å²) in [7, 11) is -3.68. The van der Waals surface area contributed by atoms with Crippen LogP contribution in [0.3, 0.4) is 0 Å². The highest BCUT2D eigenvalue weighted by Gasteiger charge is 2.48. The maximum atomic E-state index is 13.4. The maximum Gasteiger partial charge on any atom is 0.243 e. The second-order valence-corrected chi connectivity index (χ2v) is 9.33. The first-order chi connectivity index (χ1) is 12.9. The van der Waals surface area contributed by atoms with Crippen molar-refractivity contribution < 1.29 is 17.9 Å². The van der Waals surface area contributed by atoms with Gasteiger partial charge in [-0.25, -0.2) is 8.42 Å². The lowest BCUT2D eigenvalue weighted by Crippen LogP contribution is -2.49. The monoisotopic (exact) mass is 407 g/mol. The Kier molecular flexibility index (Phi) is 5.03. The van der Waals surface area contributed by atoms with Gasteiger partial charge >= 0.3 is 0 Å². The molecule has 2 heterocycles. The van der Waals surface area contributed by atoms with Gasteiger partial charge in [0.25, 0.3) is 0 Å². The lowest BCUT2D eigenvalue weighted by molar-refractivity contribution is -0.189. The Bertz CT molecular complexity index is 923. The Morgan fingerprint density at radius 1 is 1.07 bits per heavy atom. The number of hydrogen-bond acceptors (Lipinski definition) is 4. The zero-order chi connectivity index (χ0) is 19.1. The Balaban J connectivity index is 1.76. The number of rotatable bonds is 3. The van der Waals surface area contributed by atoms with Gasteiger partial charge in [-0.05, 0) is 30.7 Å². The molecule has 2 fully saturated rings. The van der Waals surface area contributed by atoms with E-state index in [-0.39, 0.29) is 4.90 Å². The van der Waals surface area contributed by atoms with Gasteiger partial charge in [-0.2, -0.15) is 4.31 Å². The highest BCUT2D eigenvalue weighted by molar-refractivity contribution is 7.89. The third kappa shape index (κ3) is 3.52. The minimum Gasteiger partial charge on any atom is -0.347 e. The number of aryl methyl sites for hydroxylation is 1. The van der Waals surface area contributed by atoms with Crippen LogP contribution in [0.1, 0.15) is 30.0 Å². The predicted molar refractivity (Wildman–Crippen MR) is 103 cm³/mol. The molecule has 0 bridgehead atoms. The van der Waals surface area contributed by atoms with Gasteiger partial charge in [0.1, 0.15) is 0 Å². The summed E-state index contributed by atoms with van der Waals surface area (Å²) in [4.78, 5) is 0.286.